The minimum Gasteiger partial charge on any atom is -0.480 e. The quantitative estimate of drug-likeness (QED) is 0.623. The van der Waals surface area contributed by atoms with Gasteiger partial charge in [0.2, 0.25) is 5.88 Å². The van der Waals surface area contributed by atoms with Gasteiger partial charge in [-0.2, -0.15) is 4.98 Å². The number of aromatic amines is 1. The van der Waals surface area contributed by atoms with Crippen LogP contribution in [0.5, 0.6) is 5.88 Å². The average Bonchev–Trinajstić information content (AvgIpc) is 3.00. The fourth-order valence-electron chi connectivity index (χ4n) is 4.13. The first-order chi connectivity index (χ1) is 13.4. The standard InChI is InChI=1S/C20H18ClN3O4/c1-28-18-11(2-3-17(23-18)24-8-10-6-20(10,27)9-24)12-4-13-14(19(25)26)7-22-16(13)5-15(12)21/h2-5,7,10,22,27H,6,8-9H2,1H3,(H,25,26). The average molecular weight is 400 g/mol. The topological polar surface area (TPSA) is 98.7 Å². The monoisotopic (exact) mass is 399 g/mol. The second-order valence-corrected chi connectivity index (χ2v) is 7.90. The number of aromatic nitrogens is 2. The maximum Gasteiger partial charge on any atom is 0.337 e. The summed E-state index contributed by atoms with van der Waals surface area (Å²) < 4.78 is 5.51. The Bertz CT molecular complexity index is 1130. The molecular weight excluding hydrogens is 382 g/mol. The van der Waals surface area contributed by atoms with Crippen molar-refractivity contribution >= 4 is 34.3 Å². The molecule has 5 rings (SSSR count). The van der Waals surface area contributed by atoms with Gasteiger partial charge in [0.1, 0.15) is 5.82 Å². The van der Waals surface area contributed by atoms with E-state index in [1.165, 1.54) is 13.3 Å². The second kappa shape index (κ2) is 5.86. The summed E-state index contributed by atoms with van der Waals surface area (Å²) in [5.74, 6) is 0.454. The number of methoxy groups -OCH3 is 1. The maximum absolute atomic E-state index is 11.5. The van der Waals surface area contributed by atoms with Gasteiger partial charge in [-0.1, -0.05) is 11.6 Å². The van der Waals surface area contributed by atoms with Crippen molar-refractivity contribution in [3.8, 4) is 17.0 Å². The number of carboxylic acid groups (broad SMARTS) is 1. The van der Waals surface area contributed by atoms with Crippen LogP contribution in [0.1, 0.15) is 16.8 Å². The minimum absolute atomic E-state index is 0.181. The Balaban J connectivity index is 1.58. The van der Waals surface area contributed by atoms with Gasteiger partial charge in [-0.15, -0.1) is 0 Å². The number of aromatic carboxylic acids is 1. The summed E-state index contributed by atoms with van der Waals surface area (Å²) in [6.45, 7) is 1.36. The number of β-amino-alcohol motifs (C(OH)–C–C–N with tert-alkyl or cyclic N) is 1. The van der Waals surface area contributed by atoms with E-state index in [9.17, 15) is 15.0 Å². The highest BCUT2D eigenvalue weighted by atomic mass is 35.5. The van der Waals surface area contributed by atoms with Crippen LogP contribution < -0.4 is 9.64 Å². The lowest BCUT2D eigenvalue weighted by Gasteiger charge is -2.21. The first-order valence-electron chi connectivity index (χ1n) is 8.96. The van der Waals surface area contributed by atoms with E-state index in [4.69, 9.17) is 16.3 Å². The molecule has 0 amide bonds. The van der Waals surface area contributed by atoms with Gasteiger partial charge in [-0.25, -0.2) is 4.79 Å². The molecule has 144 valence electrons. The lowest BCUT2D eigenvalue weighted by molar-refractivity contribution is 0.0699. The number of carbonyl (C=O) groups is 1. The van der Waals surface area contributed by atoms with Crippen molar-refractivity contribution in [1.82, 2.24) is 9.97 Å². The van der Waals surface area contributed by atoms with E-state index >= 15 is 0 Å². The summed E-state index contributed by atoms with van der Waals surface area (Å²) in [5.41, 5.74) is 1.60. The lowest BCUT2D eigenvalue weighted by atomic mass is 10.0. The number of piperidine rings is 1. The van der Waals surface area contributed by atoms with E-state index in [1.807, 2.05) is 12.1 Å². The first-order valence-corrected chi connectivity index (χ1v) is 9.34. The zero-order valence-corrected chi connectivity index (χ0v) is 15.8. The largest absolute Gasteiger partial charge is 0.480 e. The highest BCUT2D eigenvalue weighted by Gasteiger charge is 2.59. The van der Waals surface area contributed by atoms with Crippen LogP contribution in [-0.2, 0) is 0 Å². The number of hydrogen-bond acceptors (Lipinski definition) is 5. The molecule has 3 aromatic rings. The highest BCUT2D eigenvalue weighted by Crippen LogP contribution is 2.50. The molecule has 7 nitrogen and oxygen atoms in total. The molecule has 1 saturated carbocycles. The van der Waals surface area contributed by atoms with Crippen molar-refractivity contribution in [1.29, 1.82) is 0 Å². The fourth-order valence-corrected chi connectivity index (χ4v) is 4.39. The molecule has 8 heteroatoms. The van der Waals surface area contributed by atoms with E-state index in [0.717, 1.165) is 18.8 Å². The normalized spacial score (nSPS) is 23.1. The van der Waals surface area contributed by atoms with Crippen LogP contribution in [0.3, 0.4) is 0 Å². The number of nitrogens with one attached hydrogen (secondary N) is 1. The molecule has 2 aliphatic rings. The van der Waals surface area contributed by atoms with Crippen LogP contribution in [-0.4, -0.2) is 52.0 Å². The van der Waals surface area contributed by atoms with Gasteiger partial charge in [0.05, 0.1) is 23.3 Å². The molecule has 3 N–H and O–H groups in total. The second-order valence-electron chi connectivity index (χ2n) is 7.50. The summed E-state index contributed by atoms with van der Waals surface area (Å²) in [6.07, 6.45) is 2.31. The number of halogens is 1. The Morgan fingerprint density at radius 1 is 1.39 bits per heavy atom. The number of carboxylic acids is 1. The maximum atomic E-state index is 11.5. The summed E-state index contributed by atoms with van der Waals surface area (Å²) in [7, 11) is 1.54. The molecule has 1 saturated heterocycles. The van der Waals surface area contributed by atoms with E-state index in [1.54, 1.807) is 12.1 Å². The Morgan fingerprint density at radius 3 is 2.89 bits per heavy atom. The zero-order valence-electron chi connectivity index (χ0n) is 15.1. The van der Waals surface area contributed by atoms with Crippen molar-refractivity contribution in [2.24, 2.45) is 5.92 Å². The summed E-state index contributed by atoms with van der Waals surface area (Å²) in [6, 6.07) is 7.19. The number of nitrogens with zero attached hydrogens (tertiary/aromatic N) is 2. The molecule has 1 aliphatic carbocycles. The molecule has 0 spiro atoms. The van der Waals surface area contributed by atoms with Crippen molar-refractivity contribution < 1.29 is 19.7 Å². The Labute approximate surface area is 165 Å². The number of benzene rings is 1. The van der Waals surface area contributed by atoms with E-state index in [2.05, 4.69) is 14.9 Å². The molecule has 3 heterocycles. The van der Waals surface area contributed by atoms with Crippen LogP contribution >= 0.6 is 11.6 Å². The molecule has 2 atom stereocenters. The molecular formula is C20H18ClN3O4. The number of fused-ring (bicyclic) bond motifs is 2. The van der Waals surface area contributed by atoms with Gasteiger partial charge in [-0.3, -0.25) is 0 Å². The number of anilines is 1. The molecule has 2 fully saturated rings. The molecule has 28 heavy (non-hydrogen) atoms. The summed E-state index contributed by atoms with van der Waals surface area (Å²) >= 11 is 6.47. The van der Waals surface area contributed by atoms with Gasteiger partial charge in [0.15, 0.2) is 0 Å². The molecule has 0 bridgehead atoms. The predicted molar refractivity (Wildman–Crippen MR) is 105 cm³/mol. The third kappa shape index (κ3) is 2.54. The van der Waals surface area contributed by atoms with E-state index in [-0.39, 0.29) is 5.56 Å². The number of hydrogen-bond donors (Lipinski definition) is 3. The fraction of sp³-hybridized carbons (Fsp3) is 0.300. The summed E-state index contributed by atoms with van der Waals surface area (Å²) in [4.78, 5) is 21.1. The van der Waals surface area contributed by atoms with Crippen LogP contribution in [0.2, 0.25) is 5.02 Å². The van der Waals surface area contributed by atoms with Gasteiger partial charge in [0, 0.05) is 47.2 Å². The Kier molecular flexibility index (Phi) is 3.63. The molecule has 1 aliphatic heterocycles. The van der Waals surface area contributed by atoms with Crippen molar-refractivity contribution in [3.63, 3.8) is 0 Å². The molecule has 0 radical (unpaired) electrons. The summed E-state index contributed by atoms with van der Waals surface area (Å²) in [5, 5.41) is 20.7. The van der Waals surface area contributed by atoms with Crippen molar-refractivity contribution in [3.05, 3.63) is 41.0 Å². The Morgan fingerprint density at radius 2 is 2.21 bits per heavy atom. The third-order valence-electron chi connectivity index (χ3n) is 5.76. The minimum atomic E-state index is -1.01. The van der Waals surface area contributed by atoms with E-state index < -0.39 is 11.6 Å². The first kappa shape index (κ1) is 17.3. The predicted octanol–water partition coefficient (Wildman–Crippen LogP) is 3.16. The van der Waals surface area contributed by atoms with Crippen LogP contribution in [0.25, 0.3) is 22.0 Å². The molecule has 1 aromatic carbocycles. The van der Waals surface area contributed by atoms with Crippen LogP contribution in [0, 0.1) is 5.92 Å². The lowest BCUT2D eigenvalue weighted by Crippen LogP contribution is -2.27. The smallest absolute Gasteiger partial charge is 0.337 e. The Hall–Kier alpha value is -2.77. The van der Waals surface area contributed by atoms with Gasteiger partial charge in [0.25, 0.3) is 0 Å². The number of rotatable bonds is 4. The zero-order chi connectivity index (χ0) is 19.6. The number of ether oxygens (including phenoxy) is 1. The van der Waals surface area contributed by atoms with Crippen LogP contribution in [0.4, 0.5) is 5.82 Å². The number of H-pyrrole nitrogens is 1. The highest BCUT2D eigenvalue weighted by molar-refractivity contribution is 6.34. The third-order valence-corrected chi connectivity index (χ3v) is 6.07. The van der Waals surface area contributed by atoms with Gasteiger partial charge < -0.3 is 24.8 Å². The number of aliphatic hydroxyl groups is 1. The van der Waals surface area contributed by atoms with Crippen molar-refractivity contribution in [2.75, 3.05) is 25.1 Å². The van der Waals surface area contributed by atoms with Crippen molar-refractivity contribution in [2.45, 2.75) is 12.0 Å². The molecule has 2 aromatic heterocycles. The van der Waals surface area contributed by atoms with Gasteiger partial charge in [-0.05, 0) is 30.7 Å². The van der Waals surface area contributed by atoms with E-state index in [0.29, 0.717) is 45.4 Å². The van der Waals surface area contributed by atoms with Gasteiger partial charge >= 0.3 is 5.97 Å². The SMILES string of the molecule is COc1nc(N2CC3CC3(O)C2)ccc1-c1cc2c(C(=O)O)c[nH]c2cc1Cl. The van der Waals surface area contributed by atoms with Crippen LogP contribution in [0.15, 0.2) is 30.5 Å². The molecule has 2 unspecified atom stereocenters. The number of pyridine rings is 1.